The lowest BCUT2D eigenvalue weighted by atomic mass is 9.71. The zero-order valence-electron chi connectivity index (χ0n) is 9.22. The highest BCUT2D eigenvalue weighted by atomic mass is 79.9. The normalized spacial score (nSPS) is 50.2. The van der Waals surface area contributed by atoms with Gasteiger partial charge in [-0.25, -0.2) is 13.2 Å². The minimum absolute atomic E-state index is 0.0421. The third kappa shape index (κ3) is 2.74. The summed E-state index contributed by atoms with van der Waals surface area (Å²) in [6.45, 7) is 0. The summed E-state index contributed by atoms with van der Waals surface area (Å²) in [7, 11) is 0. The lowest BCUT2D eigenvalue weighted by Gasteiger charge is -2.38. The summed E-state index contributed by atoms with van der Waals surface area (Å²) < 4.78 is 40.1. The minimum atomic E-state index is -1.37. The van der Waals surface area contributed by atoms with Crippen LogP contribution in [0.15, 0.2) is 0 Å². The summed E-state index contributed by atoms with van der Waals surface area (Å²) in [5.41, 5.74) is 0. The summed E-state index contributed by atoms with van der Waals surface area (Å²) in [4.78, 5) is 0.262. The highest BCUT2D eigenvalue weighted by Crippen LogP contribution is 2.42. The Kier molecular flexibility index (Phi) is 4.20. The van der Waals surface area contributed by atoms with Crippen LogP contribution in [0.5, 0.6) is 0 Å². The van der Waals surface area contributed by atoms with Gasteiger partial charge in [-0.15, -0.1) is 0 Å². The van der Waals surface area contributed by atoms with E-state index >= 15 is 0 Å². The molecule has 6 atom stereocenters. The zero-order chi connectivity index (χ0) is 11.7. The van der Waals surface area contributed by atoms with Crippen LogP contribution in [0.1, 0.15) is 38.5 Å². The van der Waals surface area contributed by atoms with Crippen LogP contribution in [0.25, 0.3) is 0 Å². The average molecular weight is 299 g/mol. The minimum Gasteiger partial charge on any atom is -0.247 e. The van der Waals surface area contributed by atoms with E-state index in [9.17, 15) is 13.2 Å². The predicted molar refractivity (Wildman–Crippen MR) is 62.1 cm³/mol. The van der Waals surface area contributed by atoms with E-state index in [2.05, 4.69) is 15.9 Å². The maximum Gasteiger partial charge on any atom is 0.131 e. The first kappa shape index (κ1) is 12.7. The van der Waals surface area contributed by atoms with Crippen LogP contribution in [0.3, 0.4) is 0 Å². The van der Waals surface area contributed by atoms with Crippen LogP contribution in [0.4, 0.5) is 13.2 Å². The van der Waals surface area contributed by atoms with E-state index in [1.165, 1.54) is 0 Å². The van der Waals surface area contributed by atoms with Crippen molar-refractivity contribution in [3.8, 4) is 0 Å². The van der Waals surface area contributed by atoms with E-state index in [0.29, 0.717) is 12.8 Å². The van der Waals surface area contributed by atoms with Gasteiger partial charge in [-0.2, -0.15) is 0 Å². The molecule has 0 amide bonds. The average Bonchev–Trinajstić information content (AvgIpc) is 2.22. The van der Waals surface area contributed by atoms with Crippen molar-refractivity contribution in [1.29, 1.82) is 0 Å². The van der Waals surface area contributed by atoms with Gasteiger partial charge < -0.3 is 0 Å². The third-order valence-corrected chi connectivity index (χ3v) is 4.93. The Labute approximate surface area is 103 Å². The molecule has 94 valence electrons. The molecule has 2 saturated carbocycles. The Hall–Kier alpha value is 0.270. The molecule has 0 saturated heterocycles. The van der Waals surface area contributed by atoms with Gasteiger partial charge in [0.2, 0.25) is 0 Å². The fourth-order valence-corrected chi connectivity index (χ4v) is 3.74. The number of alkyl halides is 4. The van der Waals surface area contributed by atoms with Gasteiger partial charge in [-0.3, -0.25) is 0 Å². The summed E-state index contributed by atoms with van der Waals surface area (Å²) in [6.07, 6.45) is -0.0906. The van der Waals surface area contributed by atoms with Crippen LogP contribution >= 0.6 is 15.9 Å². The summed E-state index contributed by atoms with van der Waals surface area (Å²) in [5.74, 6) is 0.0107. The van der Waals surface area contributed by atoms with Crippen molar-refractivity contribution in [2.24, 2.45) is 11.8 Å². The molecule has 0 heterocycles. The van der Waals surface area contributed by atoms with Gasteiger partial charge in [0.1, 0.15) is 18.5 Å². The van der Waals surface area contributed by atoms with Crippen LogP contribution in [0, 0.1) is 11.8 Å². The van der Waals surface area contributed by atoms with Crippen molar-refractivity contribution in [2.75, 3.05) is 0 Å². The van der Waals surface area contributed by atoms with Gasteiger partial charge in [-0.1, -0.05) is 15.9 Å². The van der Waals surface area contributed by atoms with E-state index in [4.69, 9.17) is 0 Å². The molecule has 0 spiro atoms. The summed E-state index contributed by atoms with van der Waals surface area (Å²) in [5, 5.41) is 0. The first-order chi connectivity index (χ1) is 7.58. The number of hydrogen-bond acceptors (Lipinski definition) is 0. The molecule has 0 aromatic rings. The number of halogens is 4. The van der Waals surface area contributed by atoms with Gasteiger partial charge in [0.25, 0.3) is 0 Å². The van der Waals surface area contributed by atoms with E-state index in [1.54, 1.807) is 0 Å². The fourth-order valence-electron chi connectivity index (χ4n) is 3.12. The second kappa shape index (κ2) is 5.28. The first-order valence-electron chi connectivity index (χ1n) is 6.14. The Bertz CT molecular complexity index is 236. The molecule has 2 rings (SSSR count). The molecule has 0 aromatic carbocycles. The van der Waals surface area contributed by atoms with Crippen molar-refractivity contribution in [1.82, 2.24) is 0 Å². The molecule has 4 heteroatoms. The van der Waals surface area contributed by atoms with E-state index in [-0.39, 0.29) is 29.5 Å². The lowest BCUT2D eigenvalue weighted by molar-refractivity contribution is 0.0313. The lowest BCUT2D eigenvalue weighted by Crippen LogP contribution is -2.37. The quantitative estimate of drug-likeness (QED) is 0.631. The summed E-state index contributed by atoms with van der Waals surface area (Å²) >= 11 is 3.43. The molecule has 0 bridgehead atoms. The zero-order valence-corrected chi connectivity index (χ0v) is 10.8. The molecule has 6 unspecified atom stereocenters. The van der Waals surface area contributed by atoms with Crippen LogP contribution in [-0.4, -0.2) is 23.3 Å². The second-order valence-corrected chi connectivity index (χ2v) is 6.49. The molecule has 2 fully saturated rings. The predicted octanol–water partition coefficient (Wildman–Crippen LogP) is 4.36. The van der Waals surface area contributed by atoms with Gasteiger partial charge in [0, 0.05) is 4.83 Å². The van der Waals surface area contributed by atoms with Gasteiger partial charge in [-0.05, 0) is 50.4 Å². The van der Waals surface area contributed by atoms with Crippen molar-refractivity contribution in [2.45, 2.75) is 61.9 Å². The largest absolute Gasteiger partial charge is 0.247 e. The van der Waals surface area contributed by atoms with Gasteiger partial charge >= 0.3 is 0 Å². The maximum atomic E-state index is 13.9. The molecule has 2 aliphatic carbocycles. The smallest absolute Gasteiger partial charge is 0.131 e. The van der Waals surface area contributed by atoms with Crippen molar-refractivity contribution >= 4 is 15.9 Å². The fraction of sp³-hybridized carbons (Fsp3) is 1.00. The third-order valence-electron chi connectivity index (χ3n) is 4.10. The highest BCUT2D eigenvalue weighted by molar-refractivity contribution is 9.09. The topological polar surface area (TPSA) is 0 Å². The molecular weight excluding hydrogens is 281 g/mol. The molecule has 16 heavy (non-hydrogen) atoms. The van der Waals surface area contributed by atoms with Gasteiger partial charge in [0.05, 0.1) is 0 Å². The van der Waals surface area contributed by atoms with E-state index in [1.807, 2.05) is 0 Å². The number of rotatable bonds is 1. The standard InChI is InChI=1S/C12H18BrF3/c13-8-2-3-9(11(15)6-8)7-1-4-10(14)12(16)5-7/h7-12H,1-6H2. The molecule has 0 aromatic heterocycles. The molecule has 0 radical (unpaired) electrons. The van der Waals surface area contributed by atoms with Gasteiger partial charge in [0.15, 0.2) is 0 Å². The maximum absolute atomic E-state index is 13.9. The van der Waals surface area contributed by atoms with Crippen molar-refractivity contribution < 1.29 is 13.2 Å². The summed E-state index contributed by atoms with van der Waals surface area (Å²) in [6, 6.07) is 0. The first-order valence-corrected chi connectivity index (χ1v) is 7.05. The molecule has 0 nitrogen and oxygen atoms in total. The molecule has 0 N–H and O–H groups in total. The van der Waals surface area contributed by atoms with Crippen molar-refractivity contribution in [3.05, 3.63) is 0 Å². The second-order valence-electron chi connectivity index (χ2n) is 5.20. The molecule has 2 aliphatic rings. The Morgan fingerprint density at radius 3 is 2.12 bits per heavy atom. The highest BCUT2D eigenvalue weighted by Gasteiger charge is 2.40. The Morgan fingerprint density at radius 2 is 1.50 bits per heavy atom. The van der Waals surface area contributed by atoms with Crippen molar-refractivity contribution in [3.63, 3.8) is 0 Å². The van der Waals surface area contributed by atoms with Crippen LogP contribution < -0.4 is 0 Å². The van der Waals surface area contributed by atoms with Crippen LogP contribution in [0.2, 0.25) is 0 Å². The Morgan fingerprint density at radius 1 is 0.750 bits per heavy atom. The number of hydrogen-bond donors (Lipinski definition) is 0. The molecular formula is C12H18BrF3. The SMILES string of the molecule is FC1CCC(C2CCC(Br)CC2F)CC1F. The van der Waals surface area contributed by atoms with Crippen LogP contribution in [-0.2, 0) is 0 Å². The molecule has 0 aliphatic heterocycles. The van der Waals surface area contributed by atoms with E-state index in [0.717, 1.165) is 12.8 Å². The Balaban J connectivity index is 1.92. The monoisotopic (exact) mass is 298 g/mol. The van der Waals surface area contributed by atoms with E-state index < -0.39 is 18.5 Å².